The van der Waals surface area contributed by atoms with E-state index in [1.807, 2.05) is 6.07 Å². The predicted octanol–water partition coefficient (Wildman–Crippen LogP) is 3.98. The third-order valence-corrected chi connectivity index (χ3v) is 4.95. The third-order valence-electron chi connectivity index (χ3n) is 4.95. The first-order valence-electron chi connectivity index (χ1n) is 9.31. The molecule has 0 unspecified atom stereocenters. The molecule has 150 valence electrons. The second kappa shape index (κ2) is 7.79. The van der Waals surface area contributed by atoms with Crippen molar-refractivity contribution >= 4 is 5.82 Å². The van der Waals surface area contributed by atoms with Gasteiger partial charge in [-0.05, 0) is 31.3 Å². The van der Waals surface area contributed by atoms with Crippen molar-refractivity contribution in [1.82, 2.24) is 19.9 Å². The molecule has 8 heteroatoms. The molecule has 3 heterocycles. The van der Waals surface area contributed by atoms with E-state index in [1.54, 1.807) is 30.6 Å². The fourth-order valence-corrected chi connectivity index (χ4v) is 3.26. The van der Waals surface area contributed by atoms with Crippen LogP contribution in [0.15, 0.2) is 54.9 Å². The van der Waals surface area contributed by atoms with E-state index >= 15 is 0 Å². The molecule has 0 saturated carbocycles. The summed E-state index contributed by atoms with van der Waals surface area (Å²) in [6.07, 6.45) is -1.10. The normalized spacial score (nSPS) is 15.5. The highest BCUT2D eigenvalue weighted by Gasteiger charge is 2.30. The summed E-state index contributed by atoms with van der Waals surface area (Å²) in [4.78, 5) is 17.7. The Hall–Kier alpha value is -3.00. The molecule has 0 radical (unpaired) electrons. The lowest BCUT2D eigenvalue weighted by Crippen LogP contribution is -2.44. The Kier molecular flexibility index (Phi) is 5.19. The largest absolute Gasteiger partial charge is 0.416 e. The molecule has 1 aliphatic rings. The van der Waals surface area contributed by atoms with E-state index in [4.69, 9.17) is 0 Å². The first kappa shape index (κ1) is 19.3. The number of alkyl halides is 3. The second-order valence-corrected chi connectivity index (χ2v) is 7.05. The maximum atomic E-state index is 13.2. The number of aromatic nitrogens is 3. The highest BCUT2D eigenvalue weighted by atomic mass is 19.4. The minimum absolute atomic E-state index is 0.405. The quantitative estimate of drug-likeness (QED) is 0.667. The molecule has 4 rings (SSSR count). The number of nitrogens with zero attached hydrogens (tertiary/aromatic N) is 5. The standard InChI is InChI=1S/C21H20F3N5/c1-28-8-10-29(11-9-28)19-13-18(15-4-2-6-17(12-15)21(22,23)24)26-20(27-19)16-5-3-7-25-14-16/h2-7,12-14H,8-11H2,1H3. The molecule has 1 aromatic carbocycles. The molecule has 2 aromatic heterocycles. The average molecular weight is 399 g/mol. The van der Waals surface area contributed by atoms with Gasteiger partial charge in [-0.25, -0.2) is 9.97 Å². The van der Waals surface area contributed by atoms with Gasteiger partial charge in [-0.15, -0.1) is 0 Å². The molecule has 0 atom stereocenters. The van der Waals surface area contributed by atoms with Gasteiger partial charge in [0.25, 0.3) is 0 Å². The van der Waals surface area contributed by atoms with Gasteiger partial charge >= 0.3 is 6.18 Å². The highest BCUT2D eigenvalue weighted by molar-refractivity contribution is 5.68. The highest BCUT2D eigenvalue weighted by Crippen LogP contribution is 2.33. The number of halogens is 3. The Balaban J connectivity index is 1.80. The van der Waals surface area contributed by atoms with Gasteiger partial charge < -0.3 is 9.80 Å². The van der Waals surface area contributed by atoms with Gasteiger partial charge in [0.05, 0.1) is 11.3 Å². The van der Waals surface area contributed by atoms with Gasteiger partial charge in [-0.1, -0.05) is 12.1 Å². The zero-order valence-electron chi connectivity index (χ0n) is 15.9. The van der Waals surface area contributed by atoms with Crippen LogP contribution in [-0.2, 0) is 6.18 Å². The number of hydrogen-bond donors (Lipinski definition) is 0. The van der Waals surface area contributed by atoms with E-state index in [0.29, 0.717) is 22.9 Å². The molecule has 0 aliphatic carbocycles. The minimum atomic E-state index is -4.41. The first-order valence-corrected chi connectivity index (χ1v) is 9.31. The van der Waals surface area contributed by atoms with Crippen LogP contribution in [0.1, 0.15) is 5.56 Å². The van der Waals surface area contributed by atoms with E-state index in [2.05, 4.69) is 31.8 Å². The van der Waals surface area contributed by atoms with E-state index in [-0.39, 0.29) is 0 Å². The second-order valence-electron chi connectivity index (χ2n) is 7.05. The van der Waals surface area contributed by atoms with Crippen molar-refractivity contribution in [2.45, 2.75) is 6.18 Å². The van der Waals surface area contributed by atoms with Gasteiger partial charge in [0.1, 0.15) is 5.82 Å². The van der Waals surface area contributed by atoms with Gasteiger partial charge in [0.2, 0.25) is 0 Å². The van der Waals surface area contributed by atoms with Gasteiger partial charge in [0, 0.05) is 55.8 Å². The summed E-state index contributed by atoms with van der Waals surface area (Å²) in [7, 11) is 2.06. The average Bonchev–Trinajstić information content (AvgIpc) is 2.74. The monoisotopic (exact) mass is 399 g/mol. The van der Waals surface area contributed by atoms with E-state index in [9.17, 15) is 13.2 Å². The van der Waals surface area contributed by atoms with Crippen LogP contribution in [0.25, 0.3) is 22.6 Å². The first-order chi connectivity index (χ1) is 13.9. The van der Waals surface area contributed by atoms with Crippen molar-refractivity contribution < 1.29 is 13.2 Å². The number of hydrogen-bond acceptors (Lipinski definition) is 5. The summed E-state index contributed by atoms with van der Waals surface area (Å²) in [6.45, 7) is 3.38. The van der Waals surface area contributed by atoms with Crippen LogP contribution in [0.4, 0.5) is 19.0 Å². The van der Waals surface area contributed by atoms with Crippen molar-refractivity contribution in [3.8, 4) is 22.6 Å². The van der Waals surface area contributed by atoms with E-state index in [0.717, 1.165) is 43.9 Å². The number of pyridine rings is 1. The predicted molar refractivity (Wildman–Crippen MR) is 105 cm³/mol. The molecule has 1 saturated heterocycles. The fourth-order valence-electron chi connectivity index (χ4n) is 3.26. The van der Waals surface area contributed by atoms with Gasteiger partial charge in [0.15, 0.2) is 5.82 Å². The maximum Gasteiger partial charge on any atom is 0.416 e. The Labute approximate surface area is 166 Å². The zero-order chi connectivity index (χ0) is 20.4. The molecule has 29 heavy (non-hydrogen) atoms. The van der Waals surface area contributed by atoms with Crippen LogP contribution < -0.4 is 4.90 Å². The van der Waals surface area contributed by atoms with Crippen molar-refractivity contribution in [2.24, 2.45) is 0 Å². The Morgan fingerprint density at radius 2 is 1.66 bits per heavy atom. The summed E-state index contributed by atoms with van der Waals surface area (Å²) >= 11 is 0. The molecule has 0 N–H and O–H groups in total. The van der Waals surface area contributed by atoms with Crippen LogP contribution in [0.5, 0.6) is 0 Å². The molecular weight excluding hydrogens is 379 g/mol. The molecule has 1 aliphatic heterocycles. The Bertz CT molecular complexity index is 983. The molecule has 5 nitrogen and oxygen atoms in total. The molecule has 3 aromatic rings. The van der Waals surface area contributed by atoms with Crippen LogP contribution in [0.3, 0.4) is 0 Å². The van der Waals surface area contributed by atoms with E-state index < -0.39 is 11.7 Å². The summed E-state index contributed by atoms with van der Waals surface area (Å²) in [5, 5.41) is 0. The topological polar surface area (TPSA) is 45.2 Å². The number of benzene rings is 1. The lowest BCUT2D eigenvalue weighted by Gasteiger charge is -2.33. The number of piperazine rings is 1. The van der Waals surface area contributed by atoms with Crippen LogP contribution in [0, 0.1) is 0 Å². The Morgan fingerprint density at radius 1 is 0.897 bits per heavy atom. The zero-order valence-corrected chi connectivity index (χ0v) is 15.9. The van der Waals surface area contributed by atoms with Crippen molar-refractivity contribution in [1.29, 1.82) is 0 Å². The smallest absolute Gasteiger partial charge is 0.354 e. The van der Waals surface area contributed by atoms with Gasteiger partial charge in [-0.3, -0.25) is 4.98 Å². The Morgan fingerprint density at radius 3 is 2.34 bits per heavy atom. The lowest BCUT2D eigenvalue weighted by atomic mass is 10.1. The summed E-state index contributed by atoms with van der Waals surface area (Å²) in [5.41, 5.74) is 0.885. The molecular formula is C21H20F3N5. The summed E-state index contributed by atoms with van der Waals surface area (Å²) in [6, 6.07) is 10.6. The SMILES string of the molecule is CN1CCN(c2cc(-c3cccc(C(F)(F)F)c3)nc(-c3cccnc3)n2)CC1. The van der Waals surface area contributed by atoms with Crippen molar-refractivity contribution in [3.63, 3.8) is 0 Å². The number of rotatable bonds is 3. The summed E-state index contributed by atoms with van der Waals surface area (Å²) < 4.78 is 39.5. The molecule has 1 fully saturated rings. The van der Waals surface area contributed by atoms with Crippen LogP contribution in [0.2, 0.25) is 0 Å². The van der Waals surface area contributed by atoms with Crippen molar-refractivity contribution in [3.05, 3.63) is 60.4 Å². The minimum Gasteiger partial charge on any atom is -0.354 e. The maximum absolute atomic E-state index is 13.2. The molecule has 0 amide bonds. The lowest BCUT2D eigenvalue weighted by molar-refractivity contribution is -0.137. The number of likely N-dealkylation sites (N-methyl/N-ethyl adjacent to an activating group) is 1. The molecule has 0 spiro atoms. The van der Waals surface area contributed by atoms with Gasteiger partial charge in [-0.2, -0.15) is 13.2 Å². The van der Waals surface area contributed by atoms with E-state index in [1.165, 1.54) is 6.07 Å². The number of anilines is 1. The van der Waals surface area contributed by atoms with Crippen LogP contribution >= 0.6 is 0 Å². The molecule has 0 bridgehead atoms. The third kappa shape index (κ3) is 4.37. The summed E-state index contributed by atoms with van der Waals surface area (Å²) in [5.74, 6) is 1.15. The fraction of sp³-hybridized carbons (Fsp3) is 0.286. The van der Waals surface area contributed by atoms with Crippen LogP contribution in [-0.4, -0.2) is 53.1 Å². The van der Waals surface area contributed by atoms with Crippen molar-refractivity contribution in [2.75, 3.05) is 38.1 Å².